The number of halogens is 1. The van der Waals surface area contributed by atoms with Gasteiger partial charge in [-0.3, -0.25) is 19.7 Å². The van der Waals surface area contributed by atoms with E-state index >= 15 is 0 Å². The second-order valence-corrected chi connectivity index (χ2v) is 5.13. The Labute approximate surface area is 145 Å². The number of rotatable bonds is 9. The van der Waals surface area contributed by atoms with Crippen LogP contribution in [0.15, 0.2) is 24.3 Å². The first-order chi connectivity index (χ1) is 11.5. The molecule has 1 aromatic carbocycles. The number of hydrogen-bond donors (Lipinski definition) is 1. The van der Waals surface area contributed by atoms with Crippen molar-refractivity contribution in [2.45, 2.75) is 19.3 Å². The van der Waals surface area contributed by atoms with Crippen molar-refractivity contribution in [3.05, 3.63) is 34.4 Å². The normalized spacial score (nSPS) is 9.83. The van der Waals surface area contributed by atoms with Gasteiger partial charge in [0, 0.05) is 43.8 Å². The van der Waals surface area contributed by atoms with E-state index in [4.69, 9.17) is 18.0 Å². The standard InChI is InChI=1S/C16H18ClN3O4/c1-2-3-5-15(21)18-10-4-11-19(16(22)12-17)13-6-8-14(9-7-13)20(23)24/h1,6-9H,3-5,10-12H2,(H,18,21). The zero-order valence-electron chi connectivity index (χ0n) is 13.0. The first-order valence-corrected chi connectivity index (χ1v) is 7.84. The number of benzene rings is 1. The Morgan fingerprint density at radius 3 is 2.54 bits per heavy atom. The van der Waals surface area contributed by atoms with Crippen molar-refractivity contribution in [2.75, 3.05) is 23.9 Å². The molecule has 0 fully saturated rings. The number of nitrogens with zero attached hydrogens (tertiary/aromatic N) is 2. The third kappa shape index (κ3) is 6.26. The first kappa shape index (κ1) is 19.5. The van der Waals surface area contributed by atoms with Crippen LogP contribution in [0.3, 0.4) is 0 Å². The topological polar surface area (TPSA) is 92.6 Å². The van der Waals surface area contributed by atoms with Crippen LogP contribution in [-0.4, -0.2) is 35.7 Å². The van der Waals surface area contributed by atoms with Crippen molar-refractivity contribution in [3.8, 4) is 12.3 Å². The predicted molar refractivity (Wildman–Crippen MR) is 91.9 cm³/mol. The number of amides is 2. The van der Waals surface area contributed by atoms with Crippen LogP contribution < -0.4 is 10.2 Å². The Kier molecular flexibility index (Phi) is 8.30. The summed E-state index contributed by atoms with van der Waals surface area (Å²) in [6, 6.07) is 5.64. The van der Waals surface area contributed by atoms with Gasteiger partial charge in [-0.15, -0.1) is 23.9 Å². The fourth-order valence-electron chi connectivity index (χ4n) is 1.96. The highest BCUT2D eigenvalue weighted by Crippen LogP contribution is 2.20. The molecule has 7 nitrogen and oxygen atoms in total. The van der Waals surface area contributed by atoms with Crippen LogP contribution in [0.25, 0.3) is 0 Å². The number of nitro benzene ring substituents is 1. The van der Waals surface area contributed by atoms with E-state index in [1.807, 2.05) is 0 Å². The largest absolute Gasteiger partial charge is 0.356 e. The molecule has 0 bridgehead atoms. The van der Waals surface area contributed by atoms with Gasteiger partial charge in [-0.25, -0.2) is 0 Å². The number of terminal acetylenes is 1. The molecule has 0 saturated heterocycles. The van der Waals surface area contributed by atoms with Gasteiger partial charge in [0.05, 0.1) is 4.92 Å². The number of nitrogens with one attached hydrogen (secondary N) is 1. The minimum absolute atomic E-state index is 0.0576. The maximum Gasteiger partial charge on any atom is 0.269 e. The molecule has 0 aliphatic heterocycles. The molecule has 0 radical (unpaired) electrons. The lowest BCUT2D eigenvalue weighted by Gasteiger charge is -2.22. The van der Waals surface area contributed by atoms with Crippen molar-refractivity contribution >= 4 is 34.8 Å². The average Bonchev–Trinajstić information content (AvgIpc) is 2.59. The molecule has 0 saturated carbocycles. The fraction of sp³-hybridized carbons (Fsp3) is 0.375. The molecule has 128 valence electrons. The molecule has 8 heteroatoms. The molecule has 24 heavy (non-hydrogen) atoms. The van der Waals surface area contributed by atoms with Crippen LogP contribution >= 0.6 is 11.6 Å². The maximum atomic E-state index is 12.0. The summed E-state index contributed by atoms with van der Waals surface area (Å²) in [5.74, 6) is 1.73. The lowest BCUT2D eigenvalue weighted by molar-refractivity contribution is -0.384. The summed E-state index contributed by atoms with van der Waals surface area (Å²) < 4.78 is 0. The van der Waals surface area contributed by atoms with Crippen molar-refractivity contribution in [1.82, 2.24) is 5.32 Å². The Bertz CT molecular complexity index is 625. The van der Waals surface area contributed by atoms with Gasteiger partial charge in [0.2, 0.25) is 11.8 Å². The molecule has 1 rings (SSSR count). The zero-order chi connectivity index (χ0) is 17.9. The van der Waals surface area contributed by atoms with Gasteiger partial charge in [-0.2, -0.15) is 0 Å². The van der Waals surface area contributed by atoms with Crippen molar-refractivity contribution in [2.24, 2.45) is 0 Å². The van der Waals surface area contributed by atoms with Crippen molar-refractivity contribution in [1.29, 1.82) is 0 Å². The van der Waals surface area contributed by atoms with E-state index in [0.29, 0.717) is 31.6 Å². The summed E-state index contributed by atoms with van der Waals surface area (Å²) in [6.07, 6.45) is 6.25. The Morgan fingerprint density at radius 1 is 1.33 bits per heavy atom. The summed E-state index contributed by atoms with van der Waals surface area (Å²) in [5, 5.41) is 13.4. The first-order valence-electron chi connectivity index (χ1n) is 7.30. The summed E-state index contributed by atoms with van der Waals surface area (Å²) in [6.45, 7) is 0.723. The number of non-ortho nitro benzene ring substituents is 1. The summed E-state index contributed by atoms with van der Waals surface area (Å²) in [5.41, 5.74) is 0.461. The highest BCUT2D eigenvalue weighted by Gasteiger charge is 2.15. The van der Waals surface area contributed by atoms with E-state index in [0.717, 1.165) is 0 Å². The molecule has 0 aliphatic rings. The number of carbonyl (C=O) groups is 2. The van der Waals surface area contributed by atoms with Crippen molar-refractivity contribution in [3.63, 3.8) is 0 Å². The Hall–Kier alpha value is -2.59. The second kappa shape index (κ2) is 10.2. The van der Waals surface area contributed by atoms with Gasteiger partial charge in [-0.05, 0) is 18.6 Å². The Balaban J connectivity index is 2.60. The van der Waals surface area contributed by atoms with Crippen molar-refractivity contribution < 1.29 is 14.5 Å². The maximum absolute atomic E-state index is 12.0. The van der Waals surface area contributed by atoms with E-state index in [1.165, 1.54) is 29.2 Å². The lowest BCUT2D eigenvalue weighted by Crippen LogP contribution is -2.35. The highest BCUT2D eigenvalue weighted by atomic mass is 35.5. The van der Waals surface area contributed by atoms with Gasteiger partial charge in [0.15, 0.2) is 0 Å². The van der Waals surface area contributed by atoms with Crippen LogP contribution in [0, 0.1) is 22.5 Å². The molecular weight excluding hydrogens is 334 g/mol. The molecule has 0 heterocycles. The van der Waals surface area contributed by atoms with Gasteiger partial charge in [0.25, 0.3) is 5.69 Å². The average molecular weight is 352 g/mol. The quantitative estimate of drug-likeness (QED) is 0.242. The van der Waals surface area contributed by atoms with Gasteiger partial charge in [-0.1, -0.05) is 0 Å². The molecule has 0 spiro atoms. The van der Waals surface area contributed by atoms with Gasteiger partial charge in [0.1, 0.15) is 5.88 Å². The van der Waals surface area contributed by atoms with E-state index in [2.05, 4.69) is 11.2 Å². The Morgan fingerprint density at radius 2 is 2.00 bits per heavy atom. The third-order valence-corrected chi connectivity index (χ3v) is 3.39. The van der Waals surface area contributed by atoms with E-state index in [9.17, 15) is 19.7 Å². The number of alkyl halides is 1. The predicted octanol–water partition coefficient (Wildman–Crippen LogP) is 2.09. The van der Waals surface area contributed by atoms with Gasteiger partial charge >= 0.3 is 0 Å². The number of carbonyl (C=O) groups excluding carboxylic acids is 2. The van der Waals surface area contributed by atoms with Crippen LogP contribution in [0.4, 0.5) is 11.4 Å². The highest BCUT2D eigenvalue weighted by molar-refractivity contribution is 6.29. The summed E-state index contributed by atoms with van der Waals surface area (Å²) in [4.78, 5) is 35.0. The summed E-state index contributed by atoms with van der Waals surface area (Å²) >= 11 is 5.61. The molecular formula is C16H18ClN3O4. The molecule has 0 aromatic heterocycles. The smallest absolute Gasteiger partial charge is 0.269 e. The molecule has 0 aliphatic carbocycles. The molecule has 0 atom stereocenters. The van der Waals surface area contributed by atoms with Gasteiger partial charge < -0.3 is 10.2 Å². The van der Waals surface area contributed by atoms with Crippen LogP contribution in [0.5, 0.6) is 0 Å². The summed E-state index contributed by atoms with van der Waals surface area (Å²) in [7, 11) is 0. The molecule has 2 amide bonds. The number of anilines is 1. The lowest BCUT2D eigenvalue weighted by atomic mass is 10.2. The number of hydrogen-bond acceptors (Lipinski definition) is 4. The fourth-order valence-corrected chi connectivity index (χ4v) is 2.11. The SMILES string of the molecule is C#CCCC(=O)NCCCN(C(=O)CCl)c1ccc([N+](=O)[O-])cc1. The van der Waals surface area contributed by atoms with E-state index in [1.54, 1.807) is 0 Å². The van der Waals surface area contributed by atoms with Crippen LogP contribution in [0.2, 0.25) is 0 Å². The second-order valence-electron chi connectivity index (χ2n) is 4.86. The molecule has 1 N–H and O–H groups in total. The monoisotopic (exact) mass is 351 g/mol. The minimum atomic E-state index is -0.511. The van der Waals surface area contributed by atoms with Crippen LogP contribution in [0.1, 0.15) is 19.3 Å². The van der Waals surface area contributed by atoms with Crippen LogP contribution in [-0.2, 0) is 9.59 Å². The zero-order valence-corrected chi connectivity index (χ0v) is 13.8. The molecule has 1 aromatic rings. The molecule has 0 unspecified atom stereocenters. The van der Waals surface area contributed by atoms with E-state index in [-0.39, 0.29) is 29.8 Å². The van der Waals surface area contributed by atoms with E-state index < -0.39 is 4.92 Å². The third-order valence-electron chi connectivity index (χ3n) is 3.16. The minimum Gasteiger partial charge on any atom is -0.356 e. The number of nitro groups is 1.